The molecule has 0 N–H and O–H groups in total. The van der Waals surface area contributed by atoms with Gasteiger partial charge in [-0.1, -0.05) is 18.2 Å². The van der Waals surface area contributed by atoms with Crippen LogP contribution >= 0.6 is 0 Å². The molecule has 0 fully saturated rings. The number of fused-ring (bicyclic) bond motifs is 1. The summed E-state index contributed by atoms with van der Waals surface area (Å²) in [5.41, 5.74) is 2.02. The summed E-state index contributed by atoms with van der Waals surface area (Å²) in [5, 5.41) is 1.13. The first-order valence-corrected chi connectivity index (χ1v) is 4.83. The van der Waals surface area contributed by atoms with Gasteiger partial charge in [0.25, 0.3) is 0 Å². The summed E-state index contributed by atoms with van der Waals surface area (Å²) in [7, 11) is 0. The van der Waals surface area contributed by atoms with Gasteiger partial charge in [-0.25, -0.2) is 0 Å². The van der Waals surface area contributed by atoms with E-state index in [1.54, 1.807) is 12.5 Å². The largest absolute Gasteiger partial charge is 0.464 e. The molecule has 0 saturated heterocycles. The van der Waals surface area contributed by atoms with E-state index in [-0.39, 0.29) is 0 Å². The van der Waals surface area contributed by atoms with Crippen molar-refractivity contribution in [2.45, 2.75) is 0 Å². The average molecular weight is 195 g/mol. The van der Waals surface area contributed by atoms with Crippen molar-refractivity contribution in [2.24, 2.45) is 0 Å². The van der Waals surface area contributed by atoms with Gasteiger partial charge >= 0.3 is 0 Å². The molecule has 72 valence electrons. The fourth-order valence-electron chi connectivity index (χ4n) is 1.73. The molecule has 0 saturated carbocycles. The molecule has 3 rings (SSSR count). The molecule has 15 heavy (non-hydrogen) atoms. The highest BCUT2D eigenvalue weighted by Crippen LogP contribution is 2.26. The normalized spacial score (nSPS) is 10.7. The molecule has 2 nitrogen and oxygen atoms in total. The van der Waals surface area contributed by atoms with Crippen LogP contribution in [-0.2, 0) is 0 Å². The van der Waals surface area contributed by atoms with Gasteiger partial charge in [0, 0.05) is 17.1 Å². The summed E-state index contributed by atoms with van der Waals surface area (Å²) in [6, 6.07) is 13.9. The highest BCUT2D eigenvalue weighted by atomic mass is 16.3. The third kappa shape index (κ3) is 1.31. The molecule has 0 spiro atoms. The first kappa shape index (κ1) is 8.24. The maximum atomic E-state index is 5.39. The van der Waals surface area contributed by atoms with Crippen LogP contribution in [0.2, 0.25) is 0 Å². The molecule has 1 aromatic carbocycles. The summed E-state index contributed by atoms with van der Waals surface area (Å²) in [5.74, 6) is 0.860. The second-order valence-corrected chi connectivity index (χ2v) is 3.36. The van der Waals surface area contributed by atoms with Gasteiger partial charge in [0.2, 0.25) is 0 Å². The van der Waals surface area contributed by atoms with Crippen LogP contribution in [-0.4, -0.2) is 4.98 Å². The molecule has 2 heterocycles. The number of nitrogens with zero attached hydrogens (tertiary/aromatic N) is 1. The number of aromatic nitrogens is 1. The van der Waals surface area contributed by atoms with E-state index < -0.39 is 0 Å². The number of pyridine rings is 1. The zero-order valence-corrected chi connectivity index (χ0v) is 8.05. The minimum absolute atomic E-state index is 0.860. The quantitative estimate of drug-likeness (QED) is 0.594. The maximum Gasteiger partial charge on any atom is 0.136 e. The Bertz CT molecular complexity index is 579. The van der Waals surface area contributed by atoms with E-state index in [4.69, 9.17) is 4.42 Å². The van der Waals surface area contributed by atoms with Crippen LogP contribution in [0.4, 0.5) is 0 Å². The van der Waals surface area contributed by atoms with Crippen molar-refractivity contribution >= 4 is 10.9 Å². The lowest BCUT2D eigenvalue weighted by Crippen LogP contribution is -1.81. The van der Waals surface area contributed by atoms with Gasteiger partial charge in [0.05, 0.1) is 11.8 Å². The smallest absolute Gasteiger partial charge is 0.136 e. The Kier molecular flexibility index (Phi) is 1.78. The zero-order valence-electron chi connectivity index (χ0n) is 8.05. The van der Waals surface area contributed by atoms with Crippen molar-refractivity contribution < 1.29 is 4.42 Å². The lowest BCUT2D eigenvalue weighted by Gasteiger charge is -2.01. The average Bonchev–Trinajstić information content (AvgIpc) is 2.82. The Balaban J connectivity index is 2.36. The van der Waals surface area contributed by atoms with Gasteiger partial charge in [-0.15, -0.1) is 0 Å². The second-order valence-electron chi connectivity index (χ2n) is 3.36. The summed E-state index contributed by atoms with van der Waals surface area (Å²) in [6.45, 7) is 0. The van der Waals surface area contributed by atoms with E-state index in [0.29, 0.717) is 0 Å². The van der Waals surface area contributed by atoms with E-state index in [1.807, 2.05) is 30.3 Å². The monoisotopic (exact) mass is 195 g/mol. The van der Waals surface area contributed by atoms with Crippen molar-refractivity contribution in [2.75, 3.05) is 0 Å². The predicted octanol–water partition coefficient (Wildman–Crippen LogP) is 3.49. The van der Waals surface area contributed by atoms with E-state index in [0.717, 1.165) is 22.2 Å². The lowest BCUT2D eigenvalue weighted by atomic mass is 10.1. The topological polar surface area (TPSA) is 26.0 Å². The molecule has 0 radical (unpaired) electrons. The van der Waals surface area contributed by atoms with Crippen LogP contribution < -0.4 is 0 Å². The van der Waals surface area contributed by atoms with Gasteiger partial charge in [-0.2, -0.15) is 0 Å². The fraction of sp³-hybridized carbons (Fsp3) is 0. The fourth-order valence-corrected chi connectivity index (χ4v) is 1.73. The number of para-hydroxylation sites is 1. The Labute approximate surface area is 87.2 Å². The minimum Gasteiger partial charge on any atom is -0.464 e. The van der Waals surface area contributed by atoms with Crippen LogP contribution in [0.5, 0.6) is 0 Å². The highest BCUT2D eigenvalue weighted by molar-refractivity contribution is 5.91. The van der Waals surface area contributed by atoms with Crippen molar-refractivity contribution in [3.8, 4) is 11.3 Å². The van der Waals surface area contributed by atoms with Gasteiger partial charge in [-0.3, -0.25) is 4.98 Å². The molecule has 0 unspecified atom stereocenters. The molecule has 0 aliphatic heterocycles. The maximum absolute atomic E-state index is 5.39. The van der Waals surface area contributed by atoms with Crippen LogP contribution in [0.15, 0.2) is 59.3 Å². The van der Waals surface area contributed by atoms with Gasteiger partial charge in [-0.05, 0) is 24.3 Å². The molecule has 0 aliphatic rings. The lowest BCUT2D eigenvalue weighted by molar-refractivity contribution is 0.583. The van der Waals surface area contributed by atoms with Gasteiger partial charge in [0.15, 0.2) is 0 Å². The van der Waals surface area contributed by atoms with Gasteiger partial charge in [0.1, 0.15) is 5.76 Å². The molecule has 2 heteroatoms. The summed E-state index contributed by atoms with van der Waals surface area (Å²) >= 11 is 0. The standard InChI is InChI=1S/C13H9NO/c1-4-10-5-2-8-14-13(10)11(6-1)12-7-3-9-15-12/h1-9H. The zero-order chi connectivity index (χ0) is 10.1. The van der Waals surface area contributed by atoms with E-state index in [9.17, 15) is 0 Å². The van der Waals surface area contributed by atoms with Crippen molar-refractivity contribution in [1.29, 1.82) is 0 Å². The first-order chi connectivity index (χ1) is 7.45. The Morgan fingerprint density at radius 1 is 0.933 bits per heavy atom. The molecule has 3 aromatic rings. The molecule has 0 aliphatic carbocycles. The van der Waals surface area contributed by atoms with Crippen LogP contribution in [0, 0.1) is 0 Å². The number of hydrogen-bond acceptors (Lipinski definition) is 2. The first-order valence-electron chi connectivity index (χ1n) is 4.83. The summed E-state index contributed by atoms with van der Waals surface area (Å²) in [4.78, 5) is 4.38. The predicted molar refractivity (Wildman–Crippen MR) is 59.4 cm³/mol. The third-order valence-corrected chi connectivity index (χ3v) is 2.42. The van der Waals surface area contributed by atoms with E-state index in [1.165, 1.54) is 0 Å². The second kappa shape index (κ2) is 3.24. The van der Waals surface area contributed by atoms with Gasteiger partial charge < -0.3 is 4.42 Å². The Morgan fingerprint density at radius 2 is 1.87 bits per heavy atom. The number of rotatable bonds is 1. The SMILES string of the molecule is c1coc(-c2cccc3cccnc23)c1. The third-order valence-electron chi connectivity index (χ3n) is 2.42. The van der Waals surface area contributed by atoms with E-state index in [2.05, 4.69) is 17.1 Å². The molecular weight excluding hydrogens is 186 g/mol. The summed E-state index contributed by atoms with van der Waals surface area (Å²) in [6.07, 6.45) is 3.48. The molecule has 0 amide bonds. The highest BCUT2D eigenvalue weighted by Gasteiger charge is 2.05. The minimum atomic E-state index is 0.860. The molecular formula is C13H9NO. The number of furan rings is 1. The number of hydrogen-bond donors (Lipinski definition) is 0. The van der Waals surface area contributed by atoms with Crippen LogP contribution in [0.3, 0.4) is 0 Å². The van der Waals surface area contributed by atoms with Crippen LogP contribution in [0.1, 0.15) is 0 Å². The van der Waals surface area contributed by atoms with Crippen molar-refractivity contribution in [3.05, 3.63) is 54.9 Å². The Hall–Kier alpha value is -2.09. The number of benzene rings is 1. The molecule has 0 bridgehead atoms. The van der Waals surface area contributed by atoms with Crippen LogP contribution in [0.25, 0.3) is 22.2 Å². The van der Waals surface area contributed by atoms with E-state index >= 15 is 0 Å². The molecule has 2 aromatic heterocycles. The Morgan fingerprint density at radius 3 is 2.73 bits per heavy atom. The molecule has 0 atom stereocenters. The summed E-state index contributed by atoms with van der Waals surface area (Å²) < 4.78 is 5.39. The van der Waals surface area contributed by atoms with Crippen molar-refractivity contribution in [3.63, 3.8) is 0 Å². The van der Waals surface area contributed by atoms with Crippen molar-refractivity contribution in [1.82, 2.24) is 4.98 Å².